The van der Waals surface area contributed by atoms with Gasteiger partial charge in [0.15, 0.2) is 0 Å². The van der Waals surface area contributed by atoms with Crippen molar-refractivity contribution in [2.75, 3.05) is 5.32 Å². The van der Waals surface area contributed by atoms with Crippen LogP contribution in [0, 0.1) is 11.7 Å². The van der Waals surface area contributed by atoms with Gasteiger partial charge in [0.2, 0.25) is 5.91 Å². The fraction of sp³-hybridized carbons (Fsp3) is 0.385. The third kappa shape index (κ3) is 7.71. The standard InChI is InChI=1S/C26H29F4NO3/c1-6-17-7-11-19(12-8-17)23(16(2)26(28,29)30)24(33)31-21-15-18(9-13-20(21)27)10-14-22(32)34-25(3,4)5/h6-9,11-13,15-16,23H,1,10,14H2,2-5H3,(H,31,33). The van der Waals surface area contributed by atoms with Crippen LogP contribution in [0.3, 0.4) is 0 Å². The summed E-state index contributed by atoms with van der Waals surface area (Å²) in [6.45, 7) is 9.73. The van der Waals surface area contributed by atoms with Gasteiger partial charge in [-0.3, -0.25) is 9.59 Å². The zero-order chi connectivity index (χ0) is 25.7. The second-order valence-electron chi connectivity index (χ2n) is 9.07. The summed E-state index contributed by atoms with van der Waals surface area (Å²) in [5.41, 5.74) is 0.459. The number of hydrogen-bond acceptors (Lipinski definition) is 3. The van der Waals surface area contributed by atoms with Crippen LogP contribution in [0.15, 0.2) is 49.0 Å². The van der Waals surface area contributed by atoms with Crippen LogP contribution in [0.2, 0.25) is 0 Å². The number of esters is 1. The highest BCUT2D eigenvalue weighted by molar-refractivity contribution is 5.96. The highest BCUT2D eigenvalue weighted by atomic mass is 19.4. The molecule has 0 radical (unpaired) electrons. The minimum Gasteiger partial charge on any atom is -0.460 e. The molecule has 1 amide bonds. The third-order valence-corrected chi connectivity index (χ3v) is 5.16. The first kappa shape index (κ1) is 27.1. The second kappa shape index (κ2) is 10.8. The molecule has 2 aromatic rings. The number of benzene rings is 2. The van der Waals surface area contributed by atoms with Crippen LogP contribution in [0.25, 0.3) is 6.08 Å². The van der Waals surface area contributed by atoms with E-state index in [1.165, 1.54) is 30.3 Å². The lowest BCUT2D eigenvalue weighted by atomic mass is 9.85. The van der Waals surface area contributed by atoms with E-state index < -0.39 is 41.3 Å². The first-order chi connectivity index (χ1) is 15.7. The van der Waals surface area contributed by atoms with Gasteiger partial charge in [0, 0.05) is 6.42 Å². The minimum absolute atomic E-state index is 0.0275. The fourth-order valence-corrected chi connectivity index (χ4v) is 3.37. The highest BCUT2D eigenvalue weighted by Crippen LogP contribution is 2.38. The molecule has 0 aliphatic rings. The molecule has 184 valence electrons. The molecule has 0 spiro atoms. The number of carbonyl (C=O) groups is 2. The molecule has 0 bridgehead atoms. The summed E-state index contributed by atoms with van der Waals surface area (Å²) >= 11 is 0. The Bertz CT molecular complexity index is 1020. The number of aryl methyl sites for hydroxylation is 1. The molecule has 2 rings (SSSR count). The summed E-state index contributed by atoms with van der Waals surface area (Å²) in [7, 11) is 0. The van der Waals surface area contributed by atoms with Gasteiger partial charge in [0.1, 0.15) is 11.4 Å². The Balaban J connectivity index is 2.26. The second-order valence-corrected chi connectivity index (χ2v) is 9.07. The summed E-state index contributed by atoms with van der Waals surface area (Å²) in [5, 5.41) is 2.31. The topological polar surface area (TPSA) is 55.4 Å². The van der Waals surface area contributed by atoms with Gasteiger partial charge in [-0.05, 0) is 56.0 Å². The number of ether oxygens (including phenoxy) is 1. The monoisotopic (exact) mass is 479 g/mol. The Labute approximate surface area is 197 Å². The maximum absolute atomic E-state index is 14.4. The minimum atomic E-state index is -4.65. The largest absolute Gasteiger partial charge is 0.460 e. The molecule has 8 heteroatoms. The molecule has 34 heavy (non-hydrogen) atoms. The normalized spacial score (nSPS) is 13.6. The van der Waals surface area contributed by atoms with E-state index in [2.05, 4.69) is 11.9 Å². The average molecular weight is 480 g/mol. The number of carbonyl (C=O) groups excluding carboxylic acids is 2. The van der Waals surface area contributed by atoms with Crippen molar-refractivity contribution >= 4 is 23.6 Å². The van der Waals surface area contributed by atoms with Crippen molar-refractivity contribution in [2.45, 2.75) is 58.2 Å². The number of alkyl halides is 3. The van der Waals surface area contributed by atoms with E-state index in [0.29, 0.717) is 11.1 Å². The van der Waals surface area contributed by atoms with Crippen LogP contribution in [-0.2, 0) is 20.7 Å². The van der Waals surface area contributed by atoms with Crippen LogP contribution in [0.5, 0.6) is 0 Å². The molecule has 2 aromatic carbocycles. The van der Waals surface area contributed by atoms with Crippen LogP contribution < -0.4 is 5.32 Å². The first-order valence-corrected chi connectivity index (χ1v) is 10.8. The molecule has 0 saturated carbocycles. The molecule has 4 nitrogen and oxygen atoms in total. The molecule has 0 aliphatic carbocycles. The van der Waals surface area contributed by atoms with Crippen molar-refractivity contribution in [1.29, 1.82) is 0 Å². The average Bonchev–Trinajstić information content (AvgIpc) is 2.73. The zero-order valence-electron chi connectivity index (χ0n) is 19.6. The third-order valence-electron chi connectivity index (χ3n) is 5.16. The van der Waals surface area contributed by atoms with Gasteiger partial charge in [-0.2, -0.15) is 13.2 Å². The van der Waals surface area contributed by atoms with Gasteiger partial charge in [0.25, 0.3) is 0 Å². The molecule has 0 saturated heterocycles. The van der Waals surface area contributed by atoms with E-state index in [4.69, 9.17) is 4.74 Å². The predicted molar refractivity (Wildman–Crippen MR) is 124 cm³/mol. The van der Waals surface area contributed by atoms with Gasteiger partial charge in [-0.15, -0.1) is 0 Å². The summed E-state index contributed by atoms with van der Waals surface area (Å²) in [6.07, 6.45) is -2.87. The summed E-state index contributed by atoms with van der Waals surface area (Å²) < 4.78 is 60.3. The number of amides is 1. The highest BCUT2D eigenvalue weighted by Gasteiger charge is 2.45. The van der Waals surface area contributed by atoms with Crippen LogP contribution in [0.4, 0.5) is 23.2 Å². The van der Waals surface area contributed by atoms with Crippen LogP contribution in [-0.4, -0.2) is 23.7 Å². The van der Waals surface area contributed by atoms with Crippen molar-refractivity contribution < 1.29 is 31.9 Å². The maximum atomic E-state index is 14.4. The van der Waals surface area contributed by atoms with Crippen molar-refractivity contribution in [3.05, 3.63) is 71.6 Å². The molecule has 1 N–H and O–H groups in total. The van der Waals surface area contributed by atoms with E-state index in [0.717, 1.165) is 13.0 Å². The summed E-state index contributed by atoms with van der Waals surface area (Å²) in [4.78, 5) is 24.9. The van der Waals surface area contributed by atoms with Crippen molar-refractivity contribution in [2.24, 2.45) is 5.92 Å². The molecule has 0 aliphatic heterocycles. The number of nitrogens with one attached hydrogen (secondary N) is 1. The Morgan fingerprint density at radius 1 is 1.09 bits per heavy atom. The molecule has 2 unspecified atom stereocenters. The molecule has 2 atom stereocenters. The lowest BCUT2D eigenvalue weighted by Gasteiger charge is -2.26. The van der Waals surface area contributed by atoms with Gasteiger partial charge in [-0.1, -0.05) is 49.9 Å². The molecular formula is C26H29F4NO3. The number of rotatable bonds is 8. The fourth-order valence-electron chi connectivity index (χ4n) is 3.37. The lowest BCUT2D eigenvalue weighted by molar-refractivity contribution is -0.178. The Morgan fingerprint density at radius 3 is 2.24 bits per heavy atom. The van der Waals surface area contributed by atoms with Crippen molar-refractivity contribution in [1.82, 2.24) is 0 Å². The van der Waals surface area contributed by atoms with Gasteiger partial charge < -0.3 is 10.1 Å². The quantitative estimate of drug-likeness (QED) is 0.340. The van der Waals surface area contributed by atoms with E-state index in [1.807, 2.05) is 0 Å². The van der Waals surface area contributed by atoms with Crippen molar-refractivity contribution in [3.8, 4) is 0 Å². The SMILES string of the molecule is C=Cc1ccc(C(C(=O)Nc2cc(CCC(=O)OC(C)(C)C)ccc2F)C(C)C(F)(F)F)cc1. The molecule has 0 heterocycles. The Kier molecular flexibility index (Phi) is 8.64. The predicted octanol–water partition coefficient (Wildman–Crippen LogP) is 6.66. The van der Waals surface area contributed by atoms with Gasteiger partial charge >= 0.3 is 12.1 Å². The van der Waals surface area contributed by atoms with E-state index in [1.54, 1.807) is 32.9 Å². The first-order valence-electron chi connectivity index (χ1n) is 10.8. The smallest absolute Gasteiger partial charge is 0.392 e. The maximum Gasteiger partial charge on any atom is 0.392 e. The molecule has 0 aromatic heterocycles. The number of halogens is 4. The Morgan fingerprint density at radius 2 is 1.71 bits per heavy atom. The van der Waals surface area contributed by atoms with Gasteiger partial charge in [0.05, 0.1) is 17.5 Å². The lowest BCUT2D eigenvalue weighted by Crippen LogP contribution is -2.34. The number of anilines is 1. The zero-order valence-corrected chi connectivity index (χ0v) is 19.6. The van der Waals surface area contributed by atoms with E-state index in [-0.39, 0.29) is 24.1 Å². The molecular weight excluding hydrogens is 450 g/mol. The van der Waals surface area contributed by atoms with E-state index in [9.17, 15) is 27.2 Å². The summed E-state index contributed by atoms with van der Waals surface area (Å²) in [5.74, 6) is -5.83. The van der Waals surface area contributed by atoms with E-state index >= 15 is 0 Å². The van der Waals surface area contributed by atoms with Gasteiger partial charge in [-0.25, -0.2) is 4.39 Å². The molecule has 0 fully saturated rings. The van der Waals surface area contributed by atoms with Crippen LogP contribution >= 0.6 is 0 Å². The summed E-state index contributed by atoms with van der Waals surface area (Å²) in [6, 6.07) is 9.83. The van der Waals surface area contributed by atoms with Crippen molar-refractivity contribution in [3.63, 3.8) is 0 Å². The Hall–Kier alpha value is -3.16. The number of hydrogen-bond donors (Lipinski definition) is 1. The van der Waals surface area contributed by atoms with Crippen LogP contribution in [0.1, 0.15) is 56.7 Å².